The molecular formula is C23H21ClN4O2S. The molecule has 158 valence electrons. The maximum Gasteiger partial charge on any atom is 0.354 e. The van der Waals surface area contributed by atoms with Crippen molar-refractivity contribution in [2.45, 2.75) is 30.6 Å². The largest absolute Gasteiger partial charge is 0.369 e. The first-order chi connectivity index (χ1) is 15.2. The summed E-state index contributed by atoms with van der Waals surface area (Å²) < 4.78 is 6.99. The van der Waals surface area contributed by atoms with Gasteiger partial charge in [-0.05, 0) is 48.6 Å². The summed E-state index contributed by atoms with van der Waals surface area (Å²) in [5.74, 6) is 1.71. The minimum absolute atomic E-state index is 0.269. The fraction of sp³-hybridized carbons (Fsp3) is 0.348. The van der Waals surface area contributed by atoms with Gasteiger partial charge in [-0.3, -0.25) is 4.57 Å². The minimum atomic E-state index is -0.399. The van der Waals surface area contributed by atoms with Gasteiger partial charge in [0.2, 0.25) is 0 Å². The van der Waals surface area contributed by atoms with Crippen LogP contribution in [0.5, 0.6) is 0 Å². The molecule has 0 spiro atoms. The zero-order valence-corrected chi connectivity index (χ0v) is 18.4. The van der Waals surface area contributed by atoms with Gasteiger partial charge in [-0.25, -0.2) is 4.79 Å². The highest BCUT2D eigenvalue weighted by Gasteiger charge is 2.28. The number of nitrogens with one attached hydrogen (secondary N) is 1. The lowest BCUT2D eigenvalue weighted by molar-refractivity contribution is 0.00987. The summed E-state index contributed by atoms with van der Waals surface area (Å²) >= 11 is 8.18. The Balaban J connectivity index is 1.61. The Morgan fingerprint density at radius 3 is 2.77 bits per heavy atom. The monoisotopic (exact) mass is 452 g/mol. The van der Waals surface area contributed by atoms with E-state index < -0.39 is 5.69 Å². The Morgan fingerprint density at radius 2 is 2.10 bits per heavy atom. The molecule has 8 heteroatoms. The molecule has 2 fully saturated rings. The van der Waals surface area contributed by atoms with Crippen molar-refractivity contribution in [1.29, 1.82) is 5.26 Å². The summed E-state index contributed by atoms with van der Waals surface area (Å²) in [5.41, 5.74) is 2.80. The predicted molar refractivity (Wildman–Crippen MR) is 124 cm³/mol. The second kappa shape index (κ2) is 8.54. The van der Waals surface area contributed by atoms with Crippen LogP contribution in [-0.2, 0) is 4.74 Å². The molecule has 3 aromatic rings. The van der Waals surface area contributed by atoms with Crippen LogP contribution in [0.4, 0.5) is 5.82 Å². The van der Waals surface area contributed by atoms with Gasteiger partial charge in [0.25, 0.3) is 0 Å². The second-order valence-corrected chi connectivity index (χ2v) is 9.43. The van der Waals surface area contributed by atoms with E-state index in [0.717, 1.165) is 42.6 Å². The number of para-hydroxylation sites is 1. The van der Waals surface area contributed by atoms with Gasteiger partial charge in [-0.1, -0.05) is 23.7 Å². The Hall–Kier alpha value is -2.53. The van der Waals surface area contributed by atoms with E-state index in [-0.39, 0.29) is 5.44 Å². The van der Waals surface area contributed by atoms with Crippen molar-refractivity contribution in [3.63, 3.8) is 0 Å². The van der Waals surface area contributed by atoms with Crippen molar-refractivity contribution >= 4 is 40.1 Å². The van der Waals surface area contributed by atoms with Crippen molar-refractivity contribution in [2.75, 3.05) is 24.2 Å². The first-order valence-electron chi connectivity index (χ1n) is 10.4. The number of benzene rings is 2. The SMILES string of the molecule is N#Cc1cc2c(NCCSC3CCO3)nc(=O)n(-c3ccccc3Cl)c2cc1C1CC1. The molecule has 2 aliphatic rings. The lowest BCUT2D eigenvalue weighted by Gasteiger charge is -2.25. The Bertz CT molecular complexity index is 1240. The zero-order chi connectivity index (χ0) is 21.4. The molecule has 6 nitrogen and oxygen atoms in total. The van der Waals surface area contributed by atoms with E-state index in [1.54, 1.807) is 22.4 Å². The van der Waals surface area contributed by atoms with Crippen LogP contribution < -0.4 is 11.0 Å². The predicted octanol–water partition coefficient (Wildman–Crippen LogP) is 4.68. The number of nitriles is 1. The summed E-state index contributed by atoms with van der Waals surface area (Å²) in [5, 5.41) is 14.3. The number of aromatic nitrogens is 2. The zero-order valence-electron chi connectivity index (χ0n) is 16.8. The molecule has 5 rings (SSSR count). The van der Waals surface area contributed by atoms with Crippen LogP contribution in [-0.4, -0.2) is 33.9 Å². The van der Waals surface area contributed by atoms with Crippen molar-refractivity contribution in [2.24, 2.45) is 0 Å². The van der Waals surface area contributed by atoms with Crippen LogP contribution in [0.25, 0.3) is 16.6 Å². The fourth-order valence-electron chi connectivity index (χ4n) is 3.82. The summed E-state index contributed by atoms with van der Waals surface area (Å²) in [6.07, 6.45) is 3.20. The van der Waals surface area contributed by atoms with Gasteiger partial charge in [-0.15, -0.1) is 11.8 Å². The molecule has 31 heavy (non-hydrogen) atoms. The average Bonchev–Trinajstić information content (AvgIpc) is 3.57. The average molecular weight is 453 g/mol. The maximum atomic E-state index is 13.1. The van der Waals surface area contributed by atoms with Crippen LogP contribution >= 0.6 is 23.4 Å². The van der Waals surface area contributed by atoms with E-state index in [2.05, 4.69) is 16.4 Å². The normalized spacial score (nSPS) is 17.9. The van der Waals surface area contributed by atoms with Crippen LogP contribution in [0.1, 0.15) is 36.3 Å². The van der Waals surface area contributed by atoms with Crippen molar-refractivity contribution in [3.8, 4) is 11.8 Å². The van der Waals surface area contributed by atoms with E-state index in [0.29, 0.717) is 40.1 Å². The molecule has 1 atom stereocenters. The Kier molecular flexibility index (Phi) is 5.61. The van der Waals surface area contributed by atoms with Gasteiger partial charge in [0.1, 0.15) is 11.3 Å². The number of anilines is 1. The van der Waals surface area contributed by atoms with Crippen LogP contribution in [0, 0.1) is 11.3 Å². The van der Waals surface area contributed by atoms with Crippen LogP contribution in [0.2, 0.25) is 5.02 Å². The van der Waals surface area contributed by atoms with Gasteiger partial charge in [0.05, 0.1) is 34.5 Å². The minimum Gasteiger partial charge on any atom is -0.369 e. The number of halogens is 1. The van der Waals surface area contributed by atoms with Crippen molar-refractivity contribution < 1.29 is 4.74 Å². The fourth-order valence-corrected chi connectivity index (χ4v) is 4.98. The Labute approximate surface area is 189 Å². The molecule has 0 radical (unpaired) electrons. The smallest absolute Gasteiger partial charge is 0.354 e. The standard InChI is InChI=1S/C23H21ClN4O2S/c24-18-3-1-2-4-19(18)28-20-12-16(14-5-6-14)15(13-25)11-17(20)22(27-23(28)29)26-8-10-31-21-7-9-30-21/h1-4,11-12,14,21H,5-10H2,(H,26,27,29). The van der Waals surface area contributed by atoms with Crippen molar-refractivity contribution in [1.82, 2.24) is 9.55 Å². The van der Waals surface area contributed by atoms with Gasteiger partial charge >= 0.3 is 5.69 Å². The summed E-state index contributed by atoms with van der Waals surface area (Å²) in [6, 6.07) is 13.4. The molecule has 1 saturated carbocycles. The first-order valence-corrected chi connectivity index (χ1v) is 11.8. The number of thioether (sulfide) groups is 1. The lowest BCUT2D eigenvalue weighted by atomic mass is 10.0. The molecule has 0 amide bonds. The van der Waals surface area contributed by atoms with E-state index in [4.69, 9.17) is 16.3 Å². The molecule has 0 bridgehead atoms. The van der Waals surface area contributed by atoms with E-state index in [1.165, 1.54) is 0 Å². The maximum absolute atomic E-state index is 13.1. The third-order valence-electron chi connectivity index (χ3n) is 5.65. The molecule has 1 unspecified atom stereocenters. The number of ether oxygens (including phenoxy) is 1. The molecule has 1 aliphatic heterocycles. The molecule has 2 aromatic carbocycles. The Morgan fingerprint density at radius 1 is 1.29 bits per heavy atom. The molecule has 1 aromatic heterocycles. The summed E-state index contributed by atoms with van der Waals surface area (Å²) in [4.78, 5) is 17.4. The van der Waals surface area contributed by atoms with E-state index in [1.807, 2.05) is 30.3 Å². The molecule has 2 heterocycles. The molecular weight excluding hydrogens is 432 g/mol. The van der Waals surface area contributed by atoms with E-state index in [9.17, 15) is 10.1 Å². The summed E-state index contributed by atoms with van der Waals surface area (Å²) in [6.45, 7) is 1.48. The molecule has 1 saturated heterocycles. The number of nitrogens with zero attached hydrogens (tertiary/aromatic N) is 3. The van der Waals surface area contributed by atoms with Crippen LogP contribution in [0.3, 0.4) is 0 Å². The third kappa shape index (κ3) is 4.03. The summed E-state index contributed by atoms with van der Waals surface area (Å²) in [7, 11) is 0. The molecule has 1 N–H and O–H groups in total. The number of hydrogen-bond acceptors (Lipinski definition) is 6. The second-order valence-electron chi connectivity index (χ2n) is 7.76. The topological polar surface area (TPSA) is 79.9 Å². The van der Waals surface area contributed by atoms with Gasteiger partial charge < -0.3 is 10.1 Å². The highest BCUT2D eigenvalue weighted by Crippen LogP contribution is 2.43. The van der Waals surface area contributed by atoms with Gasteiger partial charge in [-0.2, -0.15) is 10.2 Å². The molecule has 1 aliphatic carbocycles. The highest BCUT2D eigenvalue weighted by molar-refractivity contribution is 7.99. The number of rotatable bonds is 7. The van der Waals surface area contributed by atoms with Crippen molar-refractivity contribution in [3.05, 3.63) is 63.0 Å². The van der Waals surface area contributed by atoms with Gasteiger partial charge in [0.15, 0.2) is 0 Å². The lowest BCUT2D eigenvalue weighted by Crippen LogP contribution is -2.26. The third-order valence-corrected chi connectivity index (χ3v) is 7.15. The quantitative estimate of drug-likeness (QED) is 0.524. The van der Waals surface area contributed by atoms with E-state index >= 15 is 0 Å². The van der Waals surface area contributed by atoms with Crippen LogP contribution in [0.15, 0.2) is 41.2 Å². The first kappa shape index (κ1) is 20.4. The highest BCUT2D eigenvalue weighted by atomic mass is 35.5. The number of hydrogen-bond donors (Lipinski definition) is 1. The van der Waals surface area contributed by atoms with Gasteiger partial charge in [0, 0.05) is 24.1 Å². The number of fused-ring (bicyclic) bond motifs is 1.